The second kappa shape index (κ2) is 5.05. The van der Waals surface area contributed by atoms with E-state index in [1.807, 2.05) is 6.92 Å². The zero-order valence-electron chi connectivity index (χ0n) is 9.27. The summed E-state index contributed by atoms with van der Waals surface area (Å²) in [6, 6.07) is 4.87. The van der Waals surface area contributed by atoms with Gasteiger partial charge in [-0.05, 0) is 37.6 Å². The monoisotopic (exact) mass is 321 g/mol. The van der Waals surface area contributed by atoms with Crippen molar-refractivity contribution in [2.24, 2.45) is 0 Å². The van der Waals surface area contributed by atoms with E-state index in [9.17, 15) is 13.2 Å². The zero-order chi connectivity index (χ0) is 13.2. The van der Waals surface area contributed by atoms with Gasteiger partial charge in [0, 0.05) is 10.2 Å². The van der Waals surface area contributed by atoms with E-state index >= 15 is 0 Å². The number of carboxylic acids is 1. The highest BCUT2D eigenvalue weighted by Crippen LogP contribution is 2.21. The molecule has 0 heterocycles. The summed E-state index contributed by atoms with van der Waals surface area (Å²) < 4.78 is 26.4. The third kappa shape index (κ3) is 3.44. The molecule has 0 amide bonds. The van der Waals surface area contributed by atoms with Gasteiger partial charge in [-0.3, -0.25) is 9.52 Å². The number of rotatable bonds is 4. The number of hydrogen-bond acceptors (Lipinski definition) is 3. The van der Waals surface area contributed by atoms with Crippen molar-refractivity contribution in [1.29, 1.82) is 0 Å². The highest BCUT2D eigenvalue weighted by molar-refractivity contribution is 9.10. The molecule has 0 saturated carbocycles. The number of halogens is 1. The maximum Gasteiger partial charge on any atom is 0.323 e. The standard InChI is InChI=1S/C10H12BrNO4S/c1-6-5-8(3-4-9(6)11)12-17(15,16)7(2)10(13)14/h3-5,7,12H,1-2H3,(H,13,14). The van der Waals surface area contributed by atoms with Crippen molar-refractivity contribution in [2.45, 2.75) is 19.1 Å². The molecular formula is C10H12BrNO4S. The van der Waals surface area contributed by atoms with Crippen LogP contribution in [0.5, 0.6) is 0 Å². The first-order valence-corrected chi connectivity index (χ1v) is 7.08. The maximum absolute atomic E-state index is 11.6. The van der Waals surface area contributed by atoms with E-state index < -0.39 is 21.2 Å². The SMILES string of the molecule is Cc1cc(NS(=O)(=O)C(C)C(=O)O)ccc1Br. The Morgan fingerprint density at radius 3 is 2.53 bits per heavy atom. The van der Waals surface area contributed by atoms with Crippen LogP contribution in [0.1, 0.15) is 12.5 Å². The van der Waals surface area contributed by atoms with Crippen LogP contribution in [0.15, 0.2) is 22.7 Å². The van der Waals surface area contributed by atoms with Gasteiger partial charge < -0.3 is 5.11 Å². The predicted molar refractivity (Wildman–Crippen MR) is 68.5 cm³/mol. The molecule has 0 aliphatic heterocycles. The van der Waals surface area contributed by atoms with Crippen LogP contribution < -0.4 is 4.72 Å². The lowest BCUT2D eigenvalue weighted by Gasteiger charge is -2.12. The molecular weight excluding hydrogens is 310 g/mol. The van der Waals surface area contributed by atoms with Crippen molar-refractivity contribution < 1.29 is 18.3 Å². The Kier molecular flexibility index (Phi) is 4.16. The first-order chi connectivity index (χ1) is 7.74. The van der Waals surface area contributed by atoms with Crippen molar-refractivity contribution in [2.75, 3.05) is 4.72 Å². The third-order valence-electron chi connectivity index (χ3n) is 2.23. The number of carboxylic acid groups (broad SMARTS) is 1. The van der Waals surface area contributed by atoms with Crippen molar-refractivity contribution in [3.63, 3.8) is 0 Å². The molecule has 0 aliphatic carbocycles. The number of carbonyl (C=O) groups is 1. The van der Waals surface area contributed by atoms with Gasteiger partial charge in [0.05, 0.1) is 0 Å². The molecule has 1 aromatic rings. The minimum atomic E-state index is -3.91. The fraction of sp³-hybridized carbons (Fsp3) is 0.300. The molecule has 0 aromatic heterocycles. The lowest BCUT2D eigenvalue weighted by Crippen LogP contribution is -2.32. The van der Waals surface area contributed by atoms with Crippen LogP contribution >= 0.6 is 15.9 Å². The topological polar surface area (TPSA) is 83.5 Å². The summed E-state index contributed by atoms with van der Waals surface area (Å²) in [5.41, 5.74) is 1.20. The zero-order valence-corrected chi connectivity index (χ0v) is 11.7. The highest BCUT2D eigenvalue weighted by atomic mass is 79.9. The molecule has 1 rings (SSSR count). The second-order valence-electron chi connectivity index (χ2n) is 3.59. The molecule has 1 aromatic carbocycles. The molecule has 94 valence electrons. The lowest BCUT2D eigenvalue weighted by atomic mass is 10.2. The van der Waals surface area contributed by atoms with Crippen LogP contribution in [0.3, 0.4) is 0 Å². The molecule has 0 aliphatic rings. The summed E-state index contributed by atoms with van der Waals surface area (Å²) in [6.45, 7) is 2.93. The fourth-order valence-corrected chi connectivity index (χ4v) is 2.24. The van der Waals surface area contributed by atoms with Crippen LogP contribution in [-0.4, -0.2) is 24.7 Å². The van der Waals surface area contributed by atoms with Gasteiger partial charge in [0.25, 0.3) is 0 Å². The molecule has 1 unspecified atom stereocenters. The van der Waals surface area contributed by atoms with Gasteiger partial charge >= 0.3 is 5.97 Å². The van der Waals surface area contributed by atoms with E-state index in [1.165, 1.54) is 0 Å². The Bertz CT molecular complexity index is 541. The fourth-order valence-electron chi connectivity index (χ4n) is 1.09. The Labute approximate surface area is 108 Å². The second-order valence-corrected chi connectivity index (χ2v) is 6.45. The summed E-state index contributed by atoms with van der Waals surface area (Å²) in [6.07, 6.45) is 0. The largest absolute Gasteiger partial charge is 0.480 e. The van der Waals surface area contributed by atoms with Crippen molar-refractivity contribution >= 4 is 37.6 Å². The minimum absolute atomic E-state index is 0.346. The predicted octanol–water partition coefficient (Wildman–Crippen LogP) is 1.97. The molecule has 0 bridgehead atoms. The van der Waals surface area contributed by atoms with Crippen LogP contribution in [0.2, 0.25) is 0 Å². The van der Waals surface area contributed by atoms with Crippen LogP contribution in [0, 0.1) is 6.92 Å². The summed E-state index contributed by atoms with van der Waals surface area (Å²) >= 11 is 3.29. The molecule has 0 fully saturated rings. The first-order valence-electron chi connectivity index (χ1n) is 4.74. The number of sulfonamides is 1. The summed E-state index contributed by atoms with van der Waals surface area (Å²) in [7, 11) is -3.91. The van der Waals surface area contributed by atoms with E-state index in [2.05, 4.69) is 20.7 Å². The van der Waals surface area contributed by atoms with E-state index in [1.54, 1.807) is 18.2 Å². The van der Waals surface area contributed by atoms with Crippen molar-refractivity contribution in [3.8, 4) is 0 Å². The van der Waals surface area contributed by atoms with Crippen molar-refractivity contribution in [1.82, 2.24) is 0 Å². The van der Waals surface area contributed by atoms with E-state index in [0.717, 1.165) is 17.0 Å². The minimum Gasteiger partial charge on any atom is -0.480 e. The number of benzene rings is 1. The van der Waals surface area contributed by atoms with Crippen molar-refractivity contribution in [3.05, 3.63) is 28.2 Å². The molecule has 7 heteroatoms. The smallest absolute Gasteiger partial charge is 0.323 e. The van der Waals surface area contributed by atoms with Gasteiger partial charge in [-0.2, -0.15) is 0 Å². The average molecular weight is 322 g/mol. The Hall–Kier alpha value is -1.08. The molecule has 1 atom stereocenters. The normalized spacial score (nSPS) is 13.1. The number of anilines is 1. The summed E-state index contributed by atoms with van der Waals surface area (Å²) in [5.74, 6) is -1.38. The third-order valence-corrected chi connectivity index (χ3v) is 4.77. The van der Waals surface area contributed by atoms with Gasteiger partial charge in [-0.1, -0.05) is 15.9 Å². The molecule has 5 nitrogen and oxygen atoms in total. The van der Waals surface area contributed by atoms with Crippen LogP contribution in [-0.2, 0) is 14.8 Å². The summed E-state index contributed by atoms with van der Waals surface area (Å²) in [5, 5.41) is 7.17. The molecule has 0 saturated heterocycles. The van der Waals surface area contributed by atoms with Gasteiger partial charge in [-0.15, -0.1) is 0 Å². The van der Waals surface area contributed by atoms with Crippen LogP contribution in [0.4, 0.5) is 5.69 Å². The Morgan fingerprint density at radius 1 is 1.47 bits per heavy atom. The maximum atomic E-state index is 11.6. The average Bonchev–Trinajstić information content (AvgIpc) is 2.22. The van der Waals surface area contributed by atoms with E-state index in [0.29, 0.717) is 5.69 Å². The Balaban J connectivity index is 2.98. The highest BCUT2D eigenvalue weighted by Gasteiger charge is 2.27. The molecule has 2 N–H and O–H groups in total. The first kappa shape index (κ1) is 14.0. The van der Waals surface area contributed by atoms with Gasteiger partial charge in [0.15, 0.2) is 5.25 Å². The molecule has 17 heavy (non-hydrogen) atoms. The number of hydrogen-bond donors (Lipinski definition) is 2. The Morgan fingerprint density at radius 2 is 2.06 bits per heavy atom. The number of nitrogens with one attached hydrogen (secondary N) is 1. The van der Waals surface area contributed by atoms with Crippen LogP contribution in [0.25, 0.3) is 0 Å². The van der Waals surface area contributed by atoms with Gasteiger partial charge in [0.2, 0.25) is 10.0 Å². The number of aryl methyl sites for hydroxylation is 1. The van der Waals surface area contributed by atoms with Gasteiger partial charge in [-0.25, -0.2) is 8.42 Å². The quantitative estimate of drug-likeness (QED) is 0.888. The molecule has 0 radical (unpaired) electrons. The van der Waals surface area contributed by atoms with E-state index in [4.69, 9.17) is 5.11 Å². The molecule has 0 spiro atoms. The van der Waals surface area contributed by atoms with Gasteiger partial charge in [0.1, 0.15) is 0 Å². The van der Waals surface area contributed by atoms with E-state index in [-0.39, 0.29) is 0 Å². The summed E-state index contributed by atoms with van der Waals surface area (Å²) in [4.78, 5) is 10.6. The number of aliphatic carboxylic acids is 1. The lowest BCUT2D eigenvalue weighted by molar-refractivity contribution is -0.136.